The van der Waals surface area contributed by atoms with Gasteiger partial charge in [-0.05, 0) is 24.7 Å². The summed E-state index contributed by atoms with van der Waals surface area (Å²) < 4.78 is 12.7. The smallest absolute Gasteiger partial charge is 0.161 e. The molecule has 0 fully saturated rings. The summed E-state index contributed by atoms with van der Waals surface area (Å²) in [6, 6.07) is 3.95. The molecule has 0 saturated carbocycles. The van der Waals surface area contributed by atoms with Crippen molar-refractivity contribution in [1.82, 2.24) is 14.9 Å². The summed E-state index contributed by atoms with van der Waals surface area (Å²) in [6.07, 6.45) is 3.71. The van der Waals surface area contributed by atoms with Crippen LogP contribution in [0.5, 0.6) is 11.5 Å². The van der Waals surface area contributed by atoms with Crippen LogP contribution in [0.1, 0.15) is 5.56 Å². The molecule has 5 nitrogen and oxygen atoms in total. The number of benzene rings is 1. The number of ether oxygens (including phenoxy) is 2. The lowest BCUT2D eigenvalue weighted by molar-refractivity contribution is 0.354. The molecule has 2 rings (SSSR count). The van der Waals surface area contributed by atoms with Gasteiger partial charge in [-0.3, -0.25) is 0 Å². The average molecular weight is 261 g/mol. The maximum atomic E-state index is 5.37. The fourth-order valence-electron chi connectivity index (χ4n) is 2.09. The number of methoxy groups -OCH3 is 2. The lowest BCUT2D eigenvalue weighted by Gasteiger charge is -2.14. The molecule has 0 radical (unpaired) electrons. The van der Waals surface area contributed by atoms with E-state index >= 15 is 0 Å². The predicted octanol–water partition coefficient (Wildman–Crippen LogP) is 1.82. The van der Waals surface area contributed by atoms with E-state index in [9.17, 15) is 0 Å². The Balaban J connectivity index is 2.60. The third-order valence-electron chi connectivity index (χ3n) is 3.04. The summed E-state index contributed by atoms with van der Waals surface area (Å²) in [6.45, 7) is 0.739. The Kier molecular flexibility index (Phi) is 4.06. The van der Waals surface area contributed by atoms with Gasteiger partial charge in [0.1, 0.15) is 5.82 Å². The Morgan fingerprint density at radius 3 is 2.42 bits per heavy atom. The minimum absolute atomic E-state index is 0.709. The lowest BCUT2D eigenvalue weighted by Crippen LogP contribution is -2.08. The van der Waals surface area contributed by atoms with E-state index in [2.05, 4.69) is 10.3 Å². The SMILES string of the molecule is CNCc1cc(OC)c(OC)cc1-c1nccn1C. The first-order valence-electron chi connectivity index (χ1n) is 6.08. The second kappa shape index (κ2) is 5.75. The highest BCUT2D eigenvalue weighted by Gasteiger charge is 2.14. The molecule has 0 aliphatic carbocycles. The second-order valence-corrected chi connectivity index (χ2v) is 4.26. The first kappa shape index (κ1) is 13.4. The van der Waals surface area contributed by atoms with E-state index in [0.717, 1.165) is 29.2 Å². The number of aromatic nitrogens is 2. The molecular weight excluding hydrogens is 242 g/mol. The normalized spacial score (nSPS) is 10.5. The largest absolute Gasteiger partial charge is 0.493 e. The van der Waals surface area contributed by atoms with E-state index in [1.807, 2.05) is 37.0 Å². The summed E-state index contributed by atoms with van der Waals surface area (Å²) in [5.74, 6) is 2.34. The fraction of sp³-hybridized carbons (Fsp3) is 0.357. The van der Waals surface area contributed by atoms with Gasteiger partial charge in [0.25, 0.3) is 0 Å². The molecule has 0 unspecified atom stereocenters. The van der Waals surface area contributed by atoms with Gasteiger partial charge in [-0.1, -0.05) is 0 Å². The van der Waals surface area contributed by atoms with Crippen molar-refractivity contribution in [2.24, 2.45) is 7.05 Å². The summed E-state index contributed by atoms with van der Waals surface area (Å²) >= 11 is 0. The molecule has 0 spiro atoms. The van der Waals surface area contributed by atoms with Gasteiger partial charge in [0.05, 0.1) is 14.2 Å². The van der Waals surface area contributed by atoms with E-state index in [4.69, 9.17) is 9.47 Å². The first-order valence-corrected chi connectivity index (χ1v) is 6.08. The molecule has 1 aromatic carbocycles. The summed E-state index contributed by atoms with van der Waals surface area (Å²) in [5.41, 5.74) is 2.16. The Morgan fingerprint density at radius 1 is 1.21 bits per heavy atom. The molecule has 0 aliphatic heterocycles. The summed E-state index contributed by atoms with van der Waals surface area (Å²) in [5, 5.41) is 3.16. The van der Waals surface area contributed by atoms with Crippen molar-refractivity contribution in [3.05, 3.63) is 30.1 Å². The lowest BCUT2D eigenvalue weighted by atomic mass is 10.1. The summed E-state index contributed by atoms with van der Waals surface area (Å²) in [7, 11) is 7.17. The molecule has 0 saturated heterocycles. The molecule has 2 aromatic rings. The van der Waals surface area contributed by atoms with Crippen LogP contribution in [0.3, 0.4) is 0 Å². The topological polar surface area (TPSA) is 48.3 Å². The van der Waals surface area contributed by atoms with E-state index in [1.54, 1.807) is 20.4 Å². The average Bonchev–Trinajstić information content (AvgIpc) is 2.84. The zero-order valence-corrected chi connectivity index (χ0v) is 11.7. The Bertz CT molecular complexity index is 564. The van der Waals surface area contributed by atoms with Crippen LogP contribution in [0.25, 0.3) is 11.4 Å². The molecule has 1 N–H and O–H groups in total. The molecular formula is C14H19N3O2. The third-order valence-corrected chi connectivity index (χ3v) is 3.04. The molecule has 1 aromatic heterocycles. The van der Waals surface area contributed by atoms with Gasteiger partial charge in [-0.15, -0.1) is 0 Å². The van der Waals surface area contributed by atoms with Crippen molar-refractivity contribution >= 4 is 0 Å². The minimum Gasteiger partial charge on any atom is -0.493 e. The van der Waals surface area contributed by atoms with Crippen molar-refractivity contribution in [3.8, 4) is 22.9 Å². The maximum Gasteiger partial charge on any atom is 0.161 e. The molecule has 0 amide bonds. The zero-order valence-electron chi connectivity index (χ0n) is 11.7. The highest BCUT2D eigenvalue weighted by molar-refractivity contribution is 5.66. The highest BCUT2D eigenvalue weighted by atomic mass is 16.5. The van der Waals surface area contributed by atoms with Crippen molar-refractivity contribution < 1.29 is 9.47 Å². The number of imidazole rings is 1. The van der Waals surface area contributed by atoms with Crippen LogP contribution in [0.2, 0.25) is 0 Å². The van der Waals surface area contributed by atoms with E-state index in [1.165, 1.54) is 0 Å². The Hall–Kier alpha value is -2.01. The molecule has 0 atom stereocenters. The third kappa shape index (κ3) is 2.56. The van der Waals surface area contributed by atoms with Crippen molar-refractivity contribution in [1.29, 1.82) is 0 Å². The molecule has 5 heteroatoms. The molecule has 0 bridgehead atoms. The number of rotatable bonds is 5. The van der Waals surface area contributed by atoms with Crippen LogP contribution in [0.15, 0.2) is 24.5 Å². The van der Waals surface area contributed by atoms with Crippen LogP contribution in [0.4, 0.5) is 0 Å². The van der Waals surface area contributed by atoms with E-state index in [-0.39, 0.29) is 0 Å². The van der Waals surface area contributed by atoms with Crippen molar-refractivity contribution in [2.75, 3.05) is 21.3 Å². The van der Waals surface area contributed by atoms with Gasteiger partial charge in [0.2, 0.25) is 0 Å². The van der Waals surface area contributed by atoms with Crippen LogP contribution in [0, 0.1) is 0 Å². The monoisotopic (exact) mass is 261 g/mol. The van der Waals surface area contributed by atoms with Gasteiger partial charge in [-0.2, -0.15) is 0 Å². The van der Waals surface area contributed by atoms with Crippen LogP contribution in [-0.2, 0) is 13.6 Å². The Labute approximate surface area is 113 Å². The van der Waals surface area contributed by atoms with Crippen molar-refractivity contribution in [2.45, 2.75) is 6.54 Å². The fourth-order valence-corrected chi connectivity index (χ4v) is 2.09. The van der Waals surface area contributed by atoms with Crippen molar-refractivity contribution in [3.63, 3.8) is 0 Å². The predicted molar refractivity (Wildman–Crippen MR) is 74.5 cm³/mol. The first-order chi connectivity index (χ1) is 9.21. The molecule has 102 valence electrons. The van der Waals surface area contributed by atoms with E-state index < -0.39 is 0 Å². The number of hydrogen-bond donors (Lipinski definition) is 1. The molecule has 19 heavy (non-hydrogen) atoms. The zero-order chi connectivity index (χ0) is 13.8. The molecule has 1 heterocycles. The van der Waals surface area contributed by atoms with E-state index in [0.29, 0.717) is 5.75 Å². The van der Waals surface area contributed by atoms with Gasteiger partial charge in [0.15, 0.2) is 11.5 Å². The standard InChI is InChI=1S/C14H19N3O2/c1-15-9-10-7-12(18-3)13(19-4)8-11(10)14-16-5-6-17(14)2/h5-8,15H,9H2,1-4H3. The second-order valence-electron chi connectivity index (χ2n) is 4.26. The van der Waals surface area contributed by atoms with Gasteiger partial charge in [0, 0.05) is 31.5 Å². The van der Waals surface area contributed by atoms with Crippen LogP contribution < -0.4 is 14.8 Å². The van der Waals surface area contributed by atoms with Gasteiger partial charge >= 0.3 is 0 Å². The number of nitrogens with one attached hydrogen (secondary N) is 1. The maximum absolute atomic E-state index is 5.37. The van der Waals surface area contributed by atoms with Crippen LogP contribution >= 0.6 is 0 Å². The molecule has 0 aliphatic rings. The quantitative estimate of drug-likeness (QED) is 0.892. The number of hydrogen-bond acceptors (Lipinski definition) is 4. The number of aryl methyl sites for hydroxylation is 1. The minimum atomic E-state index is 0.709. The number of nitrogens with zero attached hydrogens (tertiary/aromatic N) is 2. The van der Waals surface area contributed by atoms with Gasteiger partial charge < -0.3 is 19.4 Å². The summed E-state index contributed by atoms with van der Waals surface area (Å²) in [4.78, 5) is 4.40. The van der Waals surface area contributed by atoms with Gasteiger partial charge in [-0.25, -0.2) is 4.98 Å². The Morgan fingerprint density at radius 2 is 1.89 bits per heavy atom. The highest BCUT2D eigenvalue weighted by Crippen LogP contribution is 2.34. The van der Waals surface area contributed by atoms with Crippen LogP contribution in [-0.4, -0.2) is 30.8 Å².